The van der Waals surface area contributed by atoms with Gasteiger partial charge in [-0.3, -0.25) is 9.69 Å². The van der Waals surface area contributed by atoms with Crippen molar-refractivity contribution in [1.29, 1.82) is 0 Å². The number of ether oxygens (including phenoxy) is 1. The lowest BCUT2D eigenvalue weighted by atomic mass is 9.57. The molecule has 2 saturated carbocycles. The van der Waals surface area contributed by atoms with Gasteiger partial charge in [0.15, 0.2) is 0 Å². The molecule has 1 N–H and O–H groups in total. The highest BCUT2D eigenvalue weighted by Gasteiger charge is 2.84. The second-order valence-corrected chi connectivity index (χ2v) is 9.10. The van der Waals surface area contributed by atoms with Gasteiger partial charge in [-0.1, -0.05) is 37.3 Å². The van der Waals surface area contributed by atoms with E-state index >= 15 is 0 Å². The van der Waals surface area contributed by atoms with E-state index in [-0.39, 0.29) is 22.3 Å². The third-order valence-corrected chi connectivity index (χ3v) is 8.61. The number of anilines is 1. The molecule has 1 aromatic carbocycles. The van der Waals surface area contributed by atoms with Crippen molar-refractivity contribution in [2.75, 3.05) is 25.0 Å². The first-order valence-electron chi connectivity index (χ1n) is 9.99. The Morgan fingerprint density at radius 3 is 3.08 bits per heavy atom. The molecule has 0 aromatic heterocycles. The summed E-state index contributed by atoms with van der Waals surface area (Å²) in [5, 5.41) is 4.04. The van der Waals surface area contributed by atoms with E-state index in [1.807, 2.05) is 0 Å². The van der Waals surface area contributed by atoms with Crippen molar-refractivity contribution < 1.29 is 9.53 Å². The molecule has 0 unspecified atom stereocenters. The standard InChI is InChI=1S/C22H26N2O2/c1-14-20-8-5-10-24-11-9-21(19(20)24)17-6-3-4-7-18(17)23-22(14,21)16(12-20)13-26-15(2)25/h3-8,14,16,19,23H,9-13H2,1-2H3/t14-,16+,19+,20+,21-,22-/m1/s1. The van der Waals surface area contributed by atoms with Gasteiger partial charge in [0.05, 0.1) is 12.1 Å². The maximum atomic E-state index is 11.6. The Bertz CT molecular complexity index is 850. The average molecular weight is 350 g/mol. The fourth-order valence-corrected chi connectivity index (χ4v) is 8.12. The van der Waals surface area contributed by atoms with Crippen molar-refractivity contribution in [2.45, 2.75) is 43.7 Å². The first kappa shape index (κ1) is 15.3. The van der Waals surface area contributed by atoms with Gasteiger partial charge in [0.2, 0.25) is 0 Å². The second-order valence-electron chi connectivity index (χ2n) is 9.10. The molecule has 0 radical (unpaired) electrons. The van der Waals surface area contributed by atoms with Crippen LogP contribution in [0.5, 0.6) is 0 Å². The zero-order valence-corrected chi connectivity index (χ0v) is 15.5. The highest BCUT2D eigenvalue weighted by Crippen LogP contribution is 2.78. The molecule has 0 amide bonds. The van der Waals surface area contributed by atoms with Crippen LogP contribution in [0.1, 0.15) is 32.3 Å². The fraction of sp³-hybridized carbons (Fsp3) is 0.591. The van der Waals surface area contributed by atoms with Gasteiger partial charge in [-0.25, -0.2) is 0 Å². The number of carbonyl (C=O) groups excluding carboxylic acids is 1. The summed E-state index contributed by atoms with van der Waals surface area (Å²) >= 11 is 0. The molecule has 4 heteroatoms. The Labute approximate surface area is 154 Å². The van der Waals surface area contributed by atoms with E-state index in [2.05, 4.69) is 53.6 Å². The van der Waals surface area contributed by atoms with E-state index in [1.165, 1.54) is 31.1 Å². The summed E-state index contributed by atoms with van der Waals surface area (Å²) in [7, 11) is 0. The summed E-state index contributed by atoms with van der Waals surface area (Å²) in [6.07, 6.45) is 7.23. The highest BCUT2D eigenvalue weighted by atomic mass is 16.5. The zero-order chi connectivity index (χ0) is 17.7. The molecule has 3 heterocycles. The summed E-state index contributed by atoms with van der Waals surface area (Å²) < 4.78 is 5.59. The quantitative estimate of drug-likeness (QED) is 0.658. The number of rotatable bonds is 2. The maximum Gasteiger partial charge on any atom is 0.302 e. The van der Waals surface area contributed by atoms with Crippen LogP contribution in [0.4, 0.5) is 5.69 Å². The zero-order valence-electron chi connectivity index (χ0n) is 15.5. The van der Waals surface area contributed by atoms with Crippen LogP contribution in [0.15, 0.2) is 36.4 Å². The molecule has 3 spiro atoms. The van der Waals surface area contributed by atoms with E-state index in [4.69, 9.17) is 4.74 Å². The topological polar surface area (TPSA) is 41.6 Å². The lowest BCUT2D eigenvalue weighted by Gasteiger charge is -2.51. The number of para-hydroxylation sites is 1. The Morgan fingerprint density at radius 1 is 1.38 bits per heavy atom. The molecule has 3 aliphatic heterocycles. The van der Waals surface area contributed by atoms with Crippen LogP contribution < -0.4 is 5.32 Å². The number of esters is 1. The van der Waals surface area contributed by atoms with Gasteiger partial charge in [-0.2, -0.15) is 0 Å². The molecular formula is C22H26N2O2. The minimum atomic E-state index is -0.164. The summed E-state index contributed by atoms with van der Waals surface area (Å²) in [6, 6.07) is 9.50. The molecular weight excluding hydrogens is 324 g/mol. The van der Waals surface area contributed by atoms with E-state index in [1.54, 1.807) is 0 Å². The van der Waals surface area contributed by atoms with Crippen molar-refractivity contribution in [3.8, 4) is 0 Å². The van der Waals surface area contributed by atoms with E-state index in [9.17, 15) is 4.79 Å². The van der Waals surface area contributed by atoms with Crippen molar-refractivity contribution >= 4 is 11.7 Å². The van der Waals surface area contributed by atoms with Gasteiger partial charge < -0.3 is 10.1 Å². The number of benzene rings is 1. The van der Waals surface area contributed by atoms with Crippen LogP contribution >= 0.6 is 0 Å². The monoisotopic (exact) mass is 350 g/mol. The minimum absolute atomic E-state index is 0.0137. The first-order chi connectivity index (χ1) is 12.6. The molecule has 26 heavy (non-hydrogen) atoms. The number of carbonyl (C=O) groups is 1. The molecule has 6 rings (SSSR count). The van der Waals surface area contributed by atoms with Crippen LogP contribution in [-0.2, 0) is 14.9 Å². The van der Waals surface area contributed by atoms with E-state index < -0.39 is 0 Å². The van der Waals surface area contributed by atoms with Crippen LogP contribution in [0.2, 0.25) is 0 Å². The Balaban J connectivity index is 1.60. The van der Waals surface area contributed by atoms with Crippen LogP contribution in [0.25, 0.3) is 0 Å². The normalized spacial score (nSPS) is 46.6. The molecule has 3 fully saturated rings. The Kier molecular flexibility index (Phi) is 2.66. The van der Waals surface area contributed by atoms with Gasteiger partial charge in [0, 0.05) is 41.9 Å². The summed E-state index contributed by atoms with van der Waals surface area (Å²) in [4.78, 5) is 14.3. The number of hydrogen-bond donors (Lipinski definition) is 1. The van der Waals surface area contributed by atoms with Gasteiger partial charge in [0.1, 0.15) is 0 Å². The number of nitrogens with one attached hydrogen (secondary N) is 1. The molecule has 5 aliphatic rings. The highest BCUT2D eigenvalue weighted by molar-refractivity contribution is 5.71. The predicted molar refractivity (Wildman–Crippen MR) is 99.9 cm³/mol. The predicted octanol–water partition coefficient (Wildman–Crippen LogP) is 2.95. The summed E-state index contributed by atoms with van der Waals surface area (Å²) in [6.45, 7) is 6.75. The molecule has 4 nitrogen and oxygen atoms in total. The lowest BCUT2D eigenvalue weighted by Crippen LogP contribution is -2.62. The lowest BCUT2D eigenvalue weighted by molar-refractivity contribution is -0.143. The third kappa shape index (κ3) is 1.34. The second kappa shape index (κ2) is 4.53. The summed E-state index contributed by atoms with van der Waals surface area (Å²) in [5.74, 6) is 0.711. The summed E-state index contributed by atoms with van der Waals surface area (Å²) in [5.41, 5.74) is 3.13. The van der Waals surface area contributed by atoms with Crippen molar-refractivity contribution in [3.63, 3.8) is 0 Å². The average Bonchev–Trinajstić information content (AvgIpc) is 3.29. The molecule has 6 atom stereocenters. The van der Waals surface area contributed by atoms with Crippen molar-refractivity contribution in [1.82, 2.24) is 4.90 Å². The number of nitrogens with zero attached hydrogens (tertiary/aromatic N) is 1. The smallest absolute Gasteiger partial charge is 0.302 e. The van der Waals surface area contributed by atoms with Gasteiger partial charge in [0.25, 0.3) is 0 Å². The van der Waals surface area contributed by atoms with Gasteiger partial charge in [-0.15, -0.1) is 0 Å². The fourth-order valence-electron chi connectivity index (χ4n) is 8.12. The van der Waals surface area contributed by atoms with E-state index in [0.717, 1.165) is 13.0 Å². The van der Waals surface area contributed by atoms with Crippen LogP contribution in [0.3, 0.4) is 0 Å². The molecule has 136 valence electrons. The molecule has 1 aromatic rings. The van der Waals surface area contributed by atoms with Crippen LogP contribution in [0, 0.1) is 17.3 Å². The Hall–Kier alpha value is -1.81. The maximum absolute atomic E-state index is 11.6. The molecule has 1 saturated heterocycles. The minimum Gasteiger partial charge on any atom is -0.465 e. The van der Waals surface area contributed by atoms with E-state index in [0.29, 0.717) is 24.5 Å². The third-order valence-electron chi connectivity index (χ3n) is 8.61. The largest absolute Gasteiger partial charge is 0.465 e. The SMILES string of the molecule is CC(=O)OC[C@@H]1C[C@@]23C=CCN4CC[C@@]5(c6ccccc6N[C@]15[C@@H]2C)[C@@H]43. The number of hydrogen-bond acceptors (Lipinski definition) is 4. The van der Waals surface area contributed by atoms with Gasteiger partial charge in [-0.05, 0) is 36.9 Å². The van der Waals surface area contributed by atoms with Crippen molar-refractivity contribution in [3.05, 3.63) is 42.0 Å². The van der Waals surface area contributed by atoms with Gasteiger partial charge >= 0.3 is 5.97 Å². The first-order valence-corrected chi connectivity index (χ1v) is 9.99. The Morgan fingerprint density at radius 2 is 2.23 bits per heavy atom. The van der Waals surface area contributed by atoms with Crippen LogP contribution in [-0.4, -0.2) is 42.1 Å². The number of fused-ring (bicyclic) bond motifs is 1. The molecule has 2 aliphatic carbocycles. The molecule has 2 bridgehead atoms. The van der Waals surface area contributed by atoms with Crippen molar-refractivity contribution in [2.24, 2.45) is 17.3 Å².